The van der Waals surface area contributed by atoms with E-state index in [1.807, 2.05) is 0 Å². The van der Waals surface area contributed by atoms with E-state index in [0.717, 1.165) is 57.9 Å². The van der Waals surface area contributed by atoms with Crippen LogP contribution in [-0.2, 0) is 12.8 Å². The van der Waals surface area contributed by atoms with Crippen molar-refractivity contribution in [3.05, 3.63) is 169 Å². The summed E-state index contributed by atoms with van der Waals surface area (Å²) in [4.78, 5) is 10.6. The van der Waals surface area contributed by atoms with Gasteiger partial charge in [-0.15, -0.1) is 0 Å². The van der Waals surface area contributed by atoms with Gasteiger partial charge >= 0.3 is 0 Å². The van der Waals surface area contributed by atoms with Crippen molar-refractivity contribution in [3.63, 3.8) is 0 Å². The van der Waals surface area contributed by atoms with Crippen molar-refractivity contribution in [2.45, 2.75) is 12.8 Å². The zero-order chi connectivity index (χ0) is 29.3. The summed E-state index contributed by atoms with van der Waals surface area (Å²) in [5, 5.41) is 0. The molecule has 6 aromatic carbocycles. The minimum atomic E-state index is 0.749. The molecular weight excluding hydrogens is 532 g/mol. The Kier molecular flexibility index (Phi) is 6.66. The predicted molar refractivity (Wildman–Crippen MR) is 182 cm³/mol. The highest BCUT2D eigenvalue weighted by Crippen LogP contribution is 2.40. The van der Waals surface area contributed by atoms with Gasteiger partial charge in [0, 0.05) is 22.3 Å². The molecule has 0 bridgehead atoms. The largest absolute Gasteiger partial charge is 0.228 e. The molecule has 0 unspecified atom stereocenters. The van der Waals surface area contributed by atoms with Crippen molar-refractivity contribution >= 4 is 0 Å². The molecule has 44 heavy (non-hydrogen) atoms. The predicted octanol–water partition coefficient (Wildman–Crippen LogP) is 10.6. The van der Waals surface area contributed by atoms with Gasteiger partial charge in [0.2, 0.25) is 0 Å². The number of aromatic nitrogens is 2. The minimum absolute atomic E-state index is 0.749. The van der Waals surface area contributed by atoms with Crippen LogP contribution in [0.1, 0.15) is 11.1 Å². The van der Waals surface area contributed by atoms with Crippen LogP contribution >= 0.6 is 0 Å². The lowest BCUT2D eigenvalue weighted by atomic mass is 9.86. The number of nitrogens with zero attached hydrogens (tertiary/aromatic N) is 2. The van der Waals surface area contributed by atoms with Crippen molar-refractivity contribution < 1.29 is 0 Å². The van der Waals surface area contributed by atoms with Crippen molar-refractivity contribution in [1.82, 2.24) is 9.97 Å². The lowest BCUT2D eigenvalue weighted by molar-refractivity contribution is 0.916. The van der Waals surface area contributed by atoms with Gasteiger partial charge in [0.15, 0.2) is 5.82 Å². The Morgan fingerprint density at radius 2 is 0.795 bits per heavy atom. The number of hydrogen-bond donors (Lipinski definition) is 0. The average molecular weight is 563 g/mol. The first-order valence-corrected chi connectivity index (χ1v) is 15.2. The van der Waals surface area contributed by atoms with Crippen LogP contribution in [0.2, 0.25) is 0 Å². The molecule has 0 N–H and O–H groups in total. The fraction of sp³-hybridized carbons (Fsp3) is 0.0476. The number of rotatable bonds is 5. The number of hydrogen-bond acceptors (Lipinski definition) is 2. The van der Waals surface area contributed by atoms with E-state index in [2.05, 4.69) is 158 Å². The first-order valence-electron chi connectivity index (χ1n) is 15.2. The Morgan fingerprint density at radius 3 is 1.43 bits per heavy atom. The second kappa shape index (κ2) is 11.2. The topological polar surface area (TPSA) is 25.8 Å². The third kappa shape index (κ3) is 4.91. The Bertz CT molecular complexity index is 2060. The van der Waals surface area contributed by atoms with Crippen LogP contribution in [0.15, 0.2) is 158 Å². The first-order chi connectivity index (χ1) is 21.8. The summed E-state index contributed by atoms with van der Waals surface area (Å²) in [7, 11) is 0. The van der Waals surface area contributed by atoms with Gasteiger partial charge in [-0.3, -0.25) is 0 Å². The fourth-order valence-electron chi connectivity index (χ4n) is 6.34. The monoisotopic (exact) mass is 562 g/mol. The molecule has 0 amide bonds. The van der Waals surface area contributed by atoms with Crippen LogP contribution in [-0.4, -0.2) is 9.97 Å². The summed E-state index contributed by atoms with van der Waals surface area (Å²) in [5.74, 6) is 0.749. The van der Waals surface area contributed by atoms with Gasteiger partial charge in [-0.25, -0.2) is 9.97 Å². The highest BCUT2D eigenvalue weighted by molar-refractivity contribution is 5.83. The maximum Gasteiger partial charge on any atom is 0.160 e. The molecule has 0 fully saturated rings. The molecule has 0 atom stereocenters. The molecule has 0 aliphatic heterocycles. The number of fused-ring (bicyclic) bond motifs is 3. The van der Waals surface area contributed by atoms with E-state index in [4.69, 9.17) is 9.97 Å². The van der Waals surface area contributed by atoms with E-state index in [-0.39, 0.29) is 0 Å². The van der Waals surface area contributed by atoms with E-state index in [0.29, 0.717) is 0 Å². The molecule has 0 radical (unpaired) electrons. The van der Waals surface area contributed by atoms with E-state index in [1.165, 1.54) is 33.4 Å². The molecule has 208 valence electrons. The molecule has 1 aromatic heterocycles. The summed E-state index contributed by atoms with van der Waals surface area (Å²) in [6.45, 7) is 0. The van der Waals surface area contributed by atoms with E-state index in [1.54, 1.807) is 0 Å². The zero-order valence-corrected chi connectivity index (χ0v) is 24.3. The molecule has 0 spiro atoms. The minimum Gasteiger partial charge on any atom is -0.228 e. The fourth-order valence-corrected chi connectivity index (χ4v) is 6.34. The number of benzene rings is 6. The molecule has 7 aromatic rings. The van der Waals surface area contributed by atoms with Crippen molar-refractivity contribution in [3.8, 4) is 67.3 Å². The summed E-state index contributed by atoms with van der Waals surface area (Å²) >= 11 is 0. The van der Waals surface area contributed by atoms with Crippen LogP contribution in [0.4, 0.5) is 0 Å². The van der Waals surface area contributed by atoms with Crippen LogP contribution in [0, 0.1) is 0 Å². The summed E-state index contributed by atoms with van der Waals surface area (Å²) in [6, 6.07) is 56.0. The van der Waals surface area contributed by atoms with Gasteiger partial charge < -0.3 is 0 Å². The average Bonchev–Trinajstić information content (AvgIpc) is 3.12. The highest BCUT2D eigenvalue weighted by Gasteiger charge is 2.24. The maximum atomic E-state index is 5.32. The summed E-state index contributed by atoms with van der Waals surface area (Å²) in [6.07, 6.45) is 1.93. The summed E-state index contributed by atoms with van der Waals surface area (Å²) < 4.78 is 0. The summed E-state index contributed by atoms with van der Waals surface area (Å²) in [5.41, 5.74) is 15.1. The molecular formula is C42H30N2. The van der Waals surface area contributed by atoms with Crippen LogP contribution in [0.25, 0.3) is 67.3 Å². The van der Waals surface area contributed by atoms with E-state index < -0.39 is 0 Å². The molecule has 1 aliphatic rings. The first kappa shape index (κ1) is 26.1. The van der Waals surface area contributed by atoms with Crippen molar-refractivity contribution in [2.24, 2.45) is 0 Å². The standard InChI is InChI=1S/C42H30N2/c1-4-12-29(13-5-1)31-20-22-32(23-21-31)36-26-35(30-14-6-2-7-15-30)27-37(28-36)42-43-40(34-17-8-3-9-18-34)39-25-24-33-16-10-11-19-38(33)41(39)44-42/h1-23,26-28H,24-25H2. The molecule has 1 aliphatic carbocycles. The molecule has 8 rings (SSSR count). The third-order valence-electron chi connectivity index (χ3n) is 8.59. The molecule has 2 nitrogen and oxygen atoms in total. The van der Waals surface area contributed by atoms with Crippen molar-refractivity contribution in [2.75, 3.05) is 0 Å². The Morgan fingerprint density at radius 1 is 0.341 bits per heavy atom. The second-order valence-electron chi connectivity index (χ2n) is 11.4. The van der Waals surface area contributed by atoms with Gasteiger partial charge in [0.05, 0.1) is 11.4 Å². The lowest BCUT2D eigenvalue weighted by Crippen LogP contribution is -2.10. The normalized spacial score (nSPS) is 11.9. The van der Waals surface area contributed by atoms with Crippen molar-refractivity contribution in [1.29, 1.82) is 0 Å². The van der Waals surface area contributed by atoms with Crippen LogP contribution in [0.3, 0.4) is 0 Å². The van der Waals surface area contributed by atoms with Crippen LogP contribution < -0.4 is 0 Å². The Hall–Kier alpha value is -5.60. The van der Waals surface area contributed by atoms with E-state index >= 15 is 0 Å². The quantitative estimate of drug-likeness (QED) is 0.209. The highest BCUT2D eigenvalue weighted by atomic mass is 14.9. The molecule has 1 heterocycles. The second-order valence-corrected chi connectivity index (χ2v) is 11.4. The van der Waals surface area contributed by atoms with Gasteiger partial charge in [-0.1, -0.05) is 140 Å². The maximum absolute atomic E-state index is 5.32. The van der Waals surface area contributed by atoms with Gasteiger partial charge in [-0.2, -0.15) is 0 Å². The van der Waals surface area contributed by atoms with Gasteiger partial charge in [0.1, 0.15) is 0 Å². The zero-order valence-electron chi connectivity index (χ0n) is 24.3. The molecule has 2 heteroatoms. The molecule has 0 saturated heterocycles. The SMILES string of the molecule is c1ccc(-c2ccc(-c3cc(-c4ccccc4)cc(-c4nc(-c5ccccc5)c5c(n4)-c4ccccc4CC5)c3)cc2)cc1. The van der Waals surface area contributed by atoms with Crippen LogP contribution in [0.5, 0.6) is 0 Å². The Balaban J connectivity index is 1.32. The number of aryl methyl sites for hydroxylation is 1. The van der Waals surface area contributed by atoms with Gasteiger partial charge in [0.25, 0.3) is 0 Å². The lowest BCUT2D eigenvalue weighted by Gasteiger charge is -2.22. The third-order valence-corrected chi connectivity index (χ3v) is 8.59. The smallest absolute Gasteiger partial charge is 0.160 e. The Labute approximate surface area is 258 Å². The van der Waals surface area contributed by atoms with E-state index in [9.17, 15) is 0 Å². The van der Waals surface area contributed by atoms with Gasteiger partial charge in [-0.05, 0) is 70.0 Å². The molecule has 0 saturated carbocycles.